The van der Waals surface area contributed by atoms with E-state index in [9.17, 15) is 24.8 Å². The molecular weight excluding hydrogens is 392 g/mol. The van der Waals surface area contributed by atoms with Gasteiger partial charge in [-0.15, -0.1) is 0 Å². The second-order valence-corrected chi connectivity index (χ2v) is 6.26. The van der Waals surface area contributed by atoms with E-state index in [4.69, 9.17) is 0 Å². The largest absolute Gasteiger partial charge is 0.494 e. The molecule has 0 aliphatic rings. The van der Waals surface area contributed by atoms with Gasteiger partial charge in [-0.1, -0.05) is 15.9 Å². The number of nitro groups is 1. The number of rotatable bonds is 3. The molecule has 7 nitrogen and oxygen atoms in total. The number of carbonyl (C=O) groups is 2. The molecule has 25 heavy (non-hydrogen) atoms. The van der Waals surface area contributed by atoms with Crippen LogP contribution in [0.15, 0.2) is 46.9 Å². The Balaban J connectivity index is 2.32. The summed E-state index contributed by atoms with van der Waals surface area (Å²) in [7, 11) is 0. The standard InChI is InChI=1S/C17H11BrN2O5/c1-9(21)19-14-7-6-12(20(24)25)8-13(14)15(17(19)23)16(22)10-2-4-11(18)5-3-10/h2-8,23H,1H3. The summed E-state index contributed by atoms with van der Waals surface area (Å²) in [6, 6.07) is 10.2. The first-order chi connectivity index (χ1) is 11.8. The van der Waals surface area contributed by atoms with Crippen LogP contribution in [0.5, 0.6) is 5.88 Å². The molecule has 0 radical (unpaired) electrons. The van der Waals surface area contributed by atoms with E-state index >= 15 is 0 Å². The Morgan fingerprint density at radius 2 is 1.80 bits per heavy atom. The molecule has 2 aromatic carbocycles. The van der Waals surface area contributed by atoms with Crippen LogP contribution >= 0.6 is 15.9 Å². The minimum Gasteiger partial charge on any atom is -0.494 e. The van der Waals surface area contributed by atoms with Crippen LogP contribution in [0.25, 0.3) is 10.9 Å². The van der Waals surface area contributed by atoms with Crippen molar-refractivity contribution in [1.82, 2.24) is 4.57 Å². The van der Waals surface area contributed by atoms with Gasteiger partial charge in [-0.25, -0.2) is 0 Å². The Bertz CT molecular complexity index is 1040. The minimum atomic E-state index is -0.602. The molecule has 3 aromatic rings. The van der Waals surface area contributed by atoms with E-state index in [1.54, 1.807) is 24.3 Å². The number of nitro benzene ring substituents is 1. The van der Waals surface area contributed by atoms with E-state index in [-0.39, 0.29) is 27.7 Å². The van der Waals surface area contributed by atoms with Gasteiger partial charge in [0.1, 0.15) is 0 Å². The van der Waals surface area contributed by atoms with Crippen molar-refractivity contribution in [2.24, 2.45) is 0 Å². The average Bonchev–Trinajstić information content (AvgIpc) is 2.85. The summed E-state index contributed by atoms with van der Waals surface area (Å²) in [5.41, 5.74) is 0.137. The Hall–Kier alpha value is -3.00. The third-order valence-corrected chi connectivity index (χ3v) is 4.31. The highest BCUT2D eigenvalue weighted by Crippen LogP contribution is 2.35. The Labute approximate surface area is 149 Å². The summed E-state index contributed by atoms with van der Waals surface area (Å²) < 4.78 is 1.74. The first-order valence-electron chi connectivity index (χ1n) is 7.14. The number of benzene rings is 2. The van der Waals surface area contributed by atoms with Gasteiger partial charge in [-0.05, 0) is 30.3 Å². The molecule has 0 amide bonds. The number of halogens is 1. The smallest absolute Gasteiger partial charge is 0.270 e. The third kappa shape index (κ3) is 2.80. The van der Waals surface area contributed by atoms with Crippen molar-refractivity contribution >= 4 is 44.2 Å². The molecule has 0 bridgehead atoms. The van der Waals surface area contributed by atoms with Gasteiger partial charge in [0.25, 0.3) is 5.69 Å². The van der Waals surface area contributed by atoms with E-state index in [2.05, 4.69) is 15.9 Å². The summed E-state index contributed by atoms with van der Waals surface area (Å²) in [6.45, 7) is 1.23. The number of aromatic nitrogens is 1. The number of hydrogen-bond acceptors (Lipinski definition) is 5. The molecule has 0 atom stereocenters. The molecular formula is C17H11BrN2O5. The van der Waals surface area contributed by atoms with E-state index in [0.29, 0.717) is 0 Å². The van der Waals surface area contributed by atoms with Crippen LogP contribution in [0.3, 0.4) is 0 Å². The summed E-state index contributed by atoms with van der Waals surface area (Å²) in [5.74, 6) is -1.57. The summed E-state index contributed by atoms with van der Waals surface area (Å²) in [5, 5.41) is 21.6. The van der Waals surface area contributed by atoms with E-state index in [1.165, 1.54) is 25.1 Å². The van der Waals surface area contributed by atoms with Gasteiger partial charge in [0.05, 0.1) is 16.0 Å². The molecule has 3 rings (SSSR count). The number of carbonyl (C=O) groups excluding carboxylic acids is 2. The number of non-ortho nitro benzene ring substituents is 1. The van der Waals surface area contributed by atoms with Crippen molar-refractivity contribution in [3.05, 3.63) is 68.2 Å². The number of aromatic hydroxyl groups is 1. The second-order valence-electron chi connectivity index (χ2n) is 5.35. The van der Waals surface area contributed by atoms with E-state index in [1.807, 2.05) is 0 Å². The van der Waals surface area contributed by atoms with Crippen molar-refractivity contribution in [3.63, 3.8) is 0 Å². The number of hydrogen-bond donors (Lipinski definition) is 1. The van der Waals surface area contributed by atoms with Gasteiger partial charge in [0.2, 0.25) is 11.8 Å². The van der Waals surface area contributed by atoms with Crippen molar-refractivity contribution in [2.75, 3.05) is 0 Å². The zero-order valence-electron chi connectivity index (χ0n) is 12.9. The predicted octanol–water partition coefficient (Wildman–Crippen LogP) is 3.91. The summed E-state index contributed by atoms with van der Waals surface area (Å²) in [6.07, 6.45) is 0. The summed E-state index contributed by atoms with van der Waals surface area (Å²) in [4.78, 5) is 35.1. The van der Waals surface area contributed by atoms with Crippen LogP contribution in [0.4, 0.5) is 5.69 Å². The molecule has 0 fully saturated rings. The quantitative estimate of drug-likeness (QED) is 0.406. The molecule has 1 N–H and O–H groups in total. The fourth-order valence-corrected chi connectivity index (χ4v) is 2.93. The van der Waals surface area contributed by atoms with Crippen LogP contribution < -0.4 is 0 Å². The molecule has 0 aliphatic carbocycles. The van der Waals surface area contributed by atoms with Gasteiger partial charge in [0, 0.05) is 34.5 Å². The predicted molar refractivity (Wildman–Crippen MR) is 94.1 cm³/mol. The Morgan fingerprint density at radius 1 is 1.16 bits per heavy atom. The molecule has 1 aromatic heterocycles. The SMILES string of the molecule is CC(=O)n1c(O)c(C(=O)c2ccc(Br)cc2)c2cc([N+](=O)[O-])ccc21. The maximum atomic E-state index is 12.8. The zero-order chi connectivity index (χ0) is 18.3. The van der Waals surface area contributed by atoms with Gasteiger partial charge in [0.15, 0.2) is 5.78 Å². The van der Waals surface area contributed by atoms with Gasteiger partial charge >= 0.3 is 0 Å². The van der Waals surface area contributed by atoms with Crippen LogP contribution in [0.2, 0.25) is 0 Å². The molecule has 0 spiro atoms. The summed E-state index contributed by atoms with van der Waals surface area (Å²) >= 11 is 3.27. The molecule has 0 saturated carbocycles. The topological polar surface area (TPSA) is 102 Å². The van der Waals surface area contributed by atoms with Gasteiger partial charge in [-0.3, -0.25) is 24.3 Å². The number of ketones is 1. The van der Waals surface area contributed by atoms with Crippen LogP contribution in [0, 0.1) is 10.1 Å². The highest BCUT2D eigenvalue weighted by Gasteiger charge is 2.26. The molecule has 0 unspecified atom stereocenters. The maximum absolute atomic E-state index is 12.8. The lowest BCUT2D eigenvalue weighted by molar-refractivity contribution is -0.384. The van der Waals surface area contributed by atoms with Gasteiger partial charge < -0.3 is 5.11 Å². The van der Waals surface area contributed by atoms with Gasteiger partial charge in [-0.2, -0.15) is 0 Å². The highest BCUT2D eigenvalue weighted by atomic mass is 79.9. The lowest BCUT2D eigenvalue weighted by Crippen LogP contribution is -2.06. The monoisotopic (exact) mass is 402 g/mol. The zero-order valence-corrected chi connectivity index (χ0v) is 14.5. The second kappa shape index (κ2) is 6.14. The molecule has 0 aliphatic heterocycles. The Kier molecular flexibility index (Phi) is 4.13. The van der Waals surface area contributed by atoms with Crippen molar-refractivity contribution in [3.8, 4) is 5.88 Å². The van der Waals surface area contributed by atoms with Crippen molar-refractivity contribution in [1.29, 1.82) is 0 Å². The van der Waals surface area contributed by atoms with Crippen LogP contribution in [0.1, 0.15) is 27.6 Å². The van der Waals surface area contributed by atoms with Crippen LogP contribution in [-0.4, -0.2) is 26.3 Å². The average molecular weight is 403 g/mol. The molecule has 8 heteroatoms. The number of fused-ring (bicyclic) bond motifs is 1. The fourth-order valence-electron chi connectivity index (χ4n) is 2.67. The van der Waals surface area contributed by atoms with E-state index < -0.39 is 22.5 Å². The third-order valence-electron chi connectivity index (χ3n) is 3.78. The normalized spacial score (nSPS) is 10.8. The maximum Gasteiger partial charge on any atom is 0.270 e. The number of nitrogens with zero attached hydrogens (tertiary/aromatic N) is 2. The lowest BCUT2D eigenvalue weighted by Gasteiger charge is -2.02. The van der Waals surface area contributed by atoms with Crippen molar-refractivity contribution in [2.45, 2.75) is 6.92 Å². The lowest BCUT2D eigenvalue weighted by atomic mass is 10.0. The minimum absolute atomic E-state index is 0.142. The Morgan fingerprint density at radius 3 is 2.36 bits per heavy atom. The highest BCUT2D eigenvalue weighted by molar-refractivity contribution is 9.10. The van der Waals surface area contributed by atoms with E-state index in [0.717, 1.165) is 9.04 Å². The molecule has 0 saturated heterocycles. The first-order valence-corrected chi connectivity index (χ1v) is 7.93. The molecule has 1 heterocycles. The molecule has 126 valence electrons. The first kappa shape index (κ1) is 16.8. The van der Waals surface area contributed by atoms with Crippen LogP contribution in [-0.2, 0) is 0 Å². The van der Waals surface area contributed by atoms with Crippen molar-refractivity contribution < 1.29 is 19.6 Å². The fraction of sp³-hybridized carbons (Fsp3) is 0.0588.